The van der Waals surface area contributed by atoms with Crippen LogP contribution in [0.3, 0.4) is 0 Å². The summed E-state index contributed by atoms with van der Waals surface area (Å²) in [6, 6.07) is 19.7. The summed E-state index contributed by atoms with van der Waals surface area (Å²) in [4.78, 5) is 28.1. The van der Waals surface area contributed by atoms with Gasteiger partial charge in [-0.15, -0.1) is 0 Å². The van der Waals surface area contributed by atoms with E-state index in [9.17, 15) is 18.0 Å². The van der Waals surface area contributed by atoms with Crippen LogP contribution < -0.4 is 9.62 Å². The van der Waals surface area contributed by atoms with E-state index in [4.69, 9.17) is 11.6 Å². The molecule has 0 fully saturated rings. The van der Waals surface area contributed by atoms with E-state index in [2.05, 4.69) is 5.32 Å². The van der Waals surface area contributed by atoms with Gasteiger partial charge in [0.05, 0.1) is 10.6 Å². The van der Waals surface area contributed by atoms with E-state index >= 15 is 0 Å². The highest BCUT2D eigenvalue weighted by atomic mass is 35.5. The number of hydrogen-bond acceptors (Lipinski definition) is 4. The first-order chi connectivity index (χ1) is 17.6. The topological polar surface area (TPSA) is 86.8 Å². The minimum atomic E-state index is -4.09. The molecule has 0 spiro atoms. The molecule has 0 saturated heterocycles. The molecule has 0 aromatic heterocycles. The van der Waals surface area contributed by atoms with Crippen molar-refractivity contribution in [3.63, 3.8) is 0 Å². The Labute approximate surface area is 224 Å². The Morgan fingerprint density at radius 2 is 1.57 bits per heavy atom. The van der Waals surface area contributed by atoms with Gasteiger partial charge in [-0.25, -0.2) is 8.42 Å². The molecule has 7 nitrogen and oxygen atoms in total. The molecule has 0 aliphatic heterocycles. The summed E-state index contributed by atoms with van der Waals surface area (Å²) in [6.45, 7) is 5.13. The highest BCUT2D eigenvalue weighted by Crippen LogP contribution is 2.28. The molecule has 3 aromatic carbocycles. The molecule has 196 valence electrons. The van der Waals surface area contributed by atoms with Crippen molar-refractivity contribution in [1.29, 1.82) is 0 Å². The highest BCUT2D eigenvalue weighted by molar-refractivity contribution is 7.92. The zero-order chi connectivity index (χ0) is 27.2. The number of amides is 2. The number of nitrogens with zero attached hydrogens (tertiary/aromatic N) is 2. The number of rotatable bonds is 10. The van der Waals surface area contributed by atoms with Crippen LogP contribution in [-0.4, -0.2) is 44.8 Å². The van der Waals surface area contributed by atoms with Crippen molar-refractivity contribution in [1.82, 2.24) is 10.2 Å². The summed E-state index contributed by atoms with van der Waals surface area (Å²) in [6.07, 6.45) is 0.355. The van der Waals surface area contributed by atoms with Crippen molar-refractivity contribution in [3.8, 4) is 0 Å². The summed E-state index contributed by atoms with van der Waals surface area (Å²) in [7, 11) is -2.58. The van der Waals surface area contributed by atoms with Gasteiger partial charge in [-0.05, 0) is 61.7 Å². The fourth-order valence-electron chi connectivity index (χ4n) is 4.07. The molecule has 37 heavy (non-hydrogen) atoms. The Bertz CT molecular complexity index is 1340. The molecule has 0 saturated carbocycles. The van der Waals surface area contributed by atoms with E-state index in [1.165, 1.54) is 24.1 Å². The van der Waals surface area contributed by atoms with Crippen LogP contribution >= 0.6 is 11.6 Å². The second kappa shape index (κ2) is 12.3. The van der Waals surface area contributed by atoms with Crippen LogP contribution in [0.5, 0.6) is 0 Å². The molecule has 3 aromatic rings. The van der Waals surface area contributed by atoms with Crippen LogP contribution in [0.2, 0.25) is 5.02 Å². The van der Waals surface area contributed by atoms with Crippen molar-refractivity contribution in [2.24, 2.45) is 0 Å². The fraction of sp³-hybridized carbons (Fsp3) is 0.286. The first-order valence-corrected chi connectivity index (χ1v) is 13.8. The van der Waals surface area contributed by atoms with E-state index in [0.29, 0.717) is 22.7 Å². The van der Waals surface area contributed by atoms with Gasteiger partial charge in [0.25, 0.3) is 10.0 Å². The molecule has 3 rings (SSSR count). The summed E-state index contributed by atoms with van der Waals surface area (Å²) in [5, 5.41) is 3.17. The third-order valence-corrected chi connectivity index (χ3v) is 8.20. The zero-order valence-corrected chi connectivity index (χ0v) is 23.0. The first-order valence-electron chi connectivity index (χ1n) is 12.0. The van der Waals surface area contributed by atoms with Crippen LogP contribution in [0.25, 0.3) is 0 Å². The van der Waals surface area contributed by atoms with Crippen molar-refractivity contribution in [2.45, 2.75) is 44.7 Å². The molecule has 0 heterocycles. The second-order valence-corrected chi connectivity index (χ2v) is 11.1. The summed E-state index contributed by atoms with van der Waals surface area (Å²) in [5.41, 5.74) is 2.79. The van der Waals surface area contributed by atoms with Gasteiger partial charge >= 0.3 is 0 Å². The van der Waals surface area contributed by atoms with Crippen molar-refractivity contribution in [3.05, 3.63) is 94.5 Å². The third-order valence-electron chi connectivity index (χ3n) is 6.17. The van der Waals surface area contributed by atoms with Crippen molar-refractivity contribution in [2.75, 3.05) is 17.9 Å². The van der Waals surface area contributed by atoms with E-state index in [-0.39, 0.29) is 17.3 Å². The average molecular weight is 542 g/mol. The predicted octanol–water partition coefficient (Wildman–Crippen LogP) is 4.71. The minimum Gasteiger partial charge on any atom is -0.357 e. The molecular weight excluding hydrogens is 510 g/mol. The van der Waals surface area contributed by atoms with Gasteiger partial charge in [-0.2, -0.15) is 0 Å². The Balaban J connectivity index is 2.06. The number of sulfonamides is 1. The lowest BCUT2D eigenvalue weighted by Crippen LogP contribution is -2.51. The Hall–Kier alpha value is -3.36. The summed E-state index contributed by atoms with van der Waals surface area (Å²) >= 11 is 6.03. The number of aryl methyl sites for hydroxylation is 2. The van der Waals surface area contributed by atoms with Gasteiger partial charge in [0.15, 0.2) is 0 Å². The van der Waals surface area contributed by atoms with Gasteiger partial charge in [0.2, 0.25) is 11.8 Å². The summed E-state index contributed by atoms with van der Waals surface area (Å²) in [5.74, 6) is -0.821. The minimum absolute atomic E-state index is 0.0803. The number of benzene rings is 3. The maximum atomic E-state index is 13.9. The molecule has 1 N–H and O–H groups in total. The van der Waals surface area contributed by atoms with Crippen LogP contribution in [0.4, 0.5) is 5.69 Å². The third kappa shape index (κ3) is 6.70. The Morgan fingerprint density at radius 1 is 0.946 bits per heavy atom. The molecule has 9 heteroatoms. The first kappa shape index (κ1) is 28.2. The Kier molecular flexibility index (Phi) is 9.34. The van der Waals surface area contributed by atoms with Crippen molar-refractivity contribution < 1.29 is 18.0 Å². The average Bonchev–Trinajstić information content (AvgIpc) is 2.88. The van der Waals surface area contributed by atoms with Crippen LogP contribution in [0.1, 0.15) is 30.0 Å². The number of carbonyl (C=O) groups excluding carboxylic acids is 2. The van der Waals surface area contributed by atoms with Crippen LogP contribution in [0.15, 0.2) is 77.7 Å². The fourth-order valence-corrected chi connectivity index (χ4v) is 5.67. The molecular formula is C28H32ClN3O4S. The molecule has 0 bridgehead atoms. The van der Waals surface area contributed by atoms with Gasteiger partial charge in [-0.3, -0.25) is 13.9 Å². The van der Waals surface area contributed by atoms with Crippen molar-refractivity contribution >= 4 is 39.1 Å². The quantitative estimate of drug-likeness (QED) is 0.403. The van der Waals surface area contributed by atoms with E-state index in [1.807, 2.05) is 19.9 Å². The lowest BCUT2D eigenvalue weighted by Gasteiger charge is -2.33. The number of halogens is 1. The normalized spacial score (nSPS) is 12.0. The highest BCUT2D eigenvalue weighted by Gasteiger charge is 2.33. The number of para-hydroxylation sites is 1. The number of likely N-dealkylation sites (N-methyl/N-ethyl adjacent to an activating group) is 1. The smallest absolute Gasteiger partial charge is 0.264 e. The van der Waals surface area contributed by atoms with Crippen LogP contribution in [-0.2, 0) is 26.2 Å². The maximum Gasteiger partial charge on any atom is 0.264 e. The predicted molar refractivity (Wildman–Crippen MR) is 147 cm³/mol. The second-order valence-electron chi connectivity index (χ2n) is 8.80. The number of hydrogen-bond donors (Lipinski definition) is 1. The standard InChI is InChI=1S/C28H32ClN3O4S/c1-5-25(28(34)30-4)31(18-22-12-14-23(29)15-13-22)27(33)19-32(26-9-7-6-8-21(26)3)37(35,36)24-16-10-20(2)11-17-24/h6-17,25H,5,18-19H2,1-4H3,(H,30,34)/t25-/m0/s1. The number of nitrogens with one attached hydrogen (secondary N) is 1. The lowest BCUT2D eigenvalue weighted by molar-refractivity contribution is -0.140. The van der Waals surface area contributed by atoms with Crippen LogP contribution in [0, 0.1) is 13.8 Å². The molecule has 0 aliphatic rings. The van der Waals surface area contributed by atoms with Gasteiger partial charge < -0.3 is 10.2 Å². The summed E-state index contributed by atoms with van der Waals surface area (Å²) < 4.78 is 28.8. The maximum absolute atomic E-state index is 13.9. The van der Waals surface area contributed by atoms with E-state index in [1.54, 1.807) is 61.5 Å². The number of anilines is 1. The molecule has 1 atom stereocenters. The molecule has 0 unspecified atom stereocenters. The largest absolute Gasteiger partial charge is 0.357 e. The van der Waals surface area contributed by atoms with E-state index < -0.39 is 28.5 Å². The van der Waals surface area contributed by atoms with Gasteiger partial charge in [-0.1, -0.05) is 66.6 Å². The lowest BCUT2D eigenvalue weighted by atomic mass is 10.1. The SMILES string of the molecule is CC[C@@H](C(=O)NC)N(Cc1ccc(Cl)cc1)C(=O)CN(c1ccccc1C)S(=O)(=O)c1ccc(C)cc1. The number of carbonyl (C=O) groups is 2. The monoisotopic (exact) mass is 541 g/mol. The molecule has 0 aliphatic carbocycles. The van der Waals surface area contributed by atoms with E-state index in [0.717, 1.165) is 15.4 Å². The van der Waals surface area contributed by atoms with Gasteiger partial charge in [0.1, 0.15) is 12.6 Å². The molecule has 2 amide bonds. The molecule has 0 radical (unpaired) electrons. The van der Waals surface area contributed by atoms with Gasteiger partial charge in [0, 0.05) is 18.6 Å². The Morgan fingerprint density at radius 3 is 2.14 bits per heavy atom. The zero-order valence-electron chi connectivity index (χ0n) is 21.4.